The molecule has 1 N–H and O–H groups in total. The number of allylic oxidation sites excluding steroid dienone is 1. The van der Waals surface area contributed by atoms with Gasteiger partial charge in [0.25, 0.3) is 0 Å². The van der Waals surface area contributed by atoms with Gasteiger partial charge in [0, 0.05) is 12.8 Å². The third kappa shape index (κ3) is 19.1. The topological polar surface area (TPSA) is 46.5 Å². The first-order valence-electron chi connectivity index (χ1n) is 9.90. The highest BCUT2D eigenvalue weighted by Gasteiger charge is 2.15. The Bertz CT molecular complexity index is 328. The first kappa shape index (κ1) is 23.0. The van der Waals surface area contributed by atoms with Crippen LogP contribution in [0.4, 0.5) is 0 Å². The maximum Gasteiger partial charge on any atom is 0.306 e. The molecule has 0 heterocycles. The fraction of sp³-hybridized carbons (Fsp3) is 0.857. The monoisotopic (exact) mass is 340 g/mol. The van der Waals surface area contributed by atoms with Gasteiger partial charge in [-0.15, -0.1) is 0 Å². The molecule has 0 unspecified atom stereocenters. The molecule has 0 rings (SSSR count). The number of aliphatic hydroxyl groups is 1. The average Bonchev–Trinajstić information content (AvgIpc) is 2.45. The fourth-order valence-corrected chi connectivity index (χ4v) is 2.76. The molecule has 0 amide bonds. The molecule has 0 atom stereocenters. The average molecular weight is 341 g/mol. The van der Waals surface area contributed by atoms with E-state index in [9.17, 15) is 4.79 Å². The Morgan fingerprint density at radius 3 is 1.42 bits per heavy atom. The zero-order valence-corrected chi connectivity index (χ0v) is 16.4. The van der Waals surface area contributed by atoms with E-state index in [4.69, 9.17) is 9.84 Å². The molecule has 0 aliphatic rings. The molecule has 0 aliphatic carbocycles. The summed E-state index contributed by atoms with van der Waals surface area (Å²) in [5.41, 5.74) is -0.357. The van der Waals surface area contributed by atoms with Crippen molar-refractivity contribution < 1.29 is 14.6 Å². The Kier molecular flexibility index (Phi) is 13.8. The van der Waals surface area contributed by atoms with Gasteiger partial charge >= 0.3 is 5.97 Å². The number of esters is 1. The Balaban J connectivity index is 3.18. The number of unbranched alkanes of at least 4 members (excludes halogenated alkanes) is 11. The molecule has 3 nitrogen and oxygen atoms in total. The van der Waals surface area contributed by atoms with Gasteiger partial charge in [-0.25, -0.2) is 0 Å². The molecule has 0 aromatic rings. The zero-order valence-electron chi connectivity index (χ0n) is 16.4. The summed E-state index contributed by atoms with van der Waals surface area (Å²) in [5.74, 6) is 0.256. The molecule has 0 radical (unpaired) electrons. The number of carbonyl (C=O) groups excluding carboxylic acids is 1. The van der Waals surface area contributed by atoms with Gasteiger partial charge in [-0.1, -0.05) is 70.8 Å². The van der Waals surface area contributed by atoms with E-state index >= 15 is 0 Å². The predicted octanol–water partition coefficient (Wildman–Crippen LogP) is 6.86. The predicted molar refractivity (Wildman–Crippen MR) is 102 cm³/mol. The Morgan fingerprint density at radius 1 is 0.750 bits per heavy atom. The number of hydrogen-bond donors (Lipinski definition) is 1. The Morgan fingerprint density at radius 2 is 1.08 bits per heavy atom. The second kappa shape index (κ2) is 14.4. The quantitative estimate of drug-likeness (QED) is 0.201. The van der Waals surface area contributed by atoms with Crippen LogP contribution in [0.15, 0.2) is 12.3 Å². The van der Waals surface area contributed by atoms with E-state index in [0.29, 0.717) is 12.2 Å². The van der Waals surface area contributed by atoms with Gasteiger partial charge in [0.05, 0.1) is 5.76 Å². The summed E-state index contributed by atoms with van der Waals surface area (Å²) < 4.78 is 5.30. The third-order valence-electron chi connectivity index (χ3n) is 4.02. The summed E-state index contributed by atoms with van der Waals surface area (Å²) in [5, 5.41) is 8.98. The normalized spacial score (nSPS) is 11.5. The lowest BCUT2D eigenvalue weighted by molar-refractivity contribution is -0.154. The van der Waals surface area contributed by atoms with E-state index in [-0.39, 0.29) is 11.6 Å². The van der Waals surface area contributed by atoms with E-state index < -0.39 is 0 Å². The van der Waals surface area contributed by atoms with Gasteiger partial charge in [-0.3, -0.25) is 4.79 Å². The molecule has 0 saturated heterocycles. The van der Waals surface area contributed by atoms with E-state index in [1.807, 2.05) is 20.8 Å². The lowest BCUT2D eigenvalue weighted by Gasteiger charge is -2.19. The van der Waals surface area contributed by atoms with E-state index in [0.717, 1.165) is 25.7 Å². The molecule has 0 fully saturated rings. The molecule has 142 valence electrons. The van der Waals surface area contributed by atoms with Crippen LogP contribution in [0, 0.1) is 0 Å². The molecule has 0 bridgehead atoms. The summed E-state index contributed by atoms with van der Waals surface area (Å²) in [6.07, 6.45) is 16.1. The summed E-state index contributed by atoms with van der Waals surface area (Å²) >= 11 is 0. The van der Waals surface area contributed by atoms with Crippen LogP contribution >= 0.6 is 0 Å². The van der Waals surface area contributed by atoms with Crippen LogP contribution in [0.25, 0.3) is 0 Å². The highest BCUT2D eigenvalue weighted by atomic mass is 16.6. The van der Waals surface area contributed by atoms with E-state index in [2.05, 4.69) is 6.58 Å². The SMILES string of the molecule is C=C(O)CCCCCCCCCCCCCCC(=O)OC(C)(C)C. The first-order valence-corrected chi connectivity index (χ1v) is 9.90. The van der Waals surface area contributed by atoms with Gasteiger partial charge in [-0.2, -0.15) is 0 Å². The maximum atomic E-state index is 11.6. The molecule has 0 aromatic carbocycles. The first-order chi connectivity index (χ1) is 11.3. The van der Waals surface area contributed by atoms with Crippen LogP contribution in [-0.2, 0) is 9.53 Å². The van der Waals surface area contributed by atoms with Crippen LogP contribution in [-0.4, -0.2) is 16.7 Å². The van der Waals surface area contributed by atoms with Gasteiger partial charge in [-0.05, 0) is 33.6 Å². The summed E-state index contributed by atoms with van der Waals surface area (Å²) in [6.45, 7) is 9.25. The molecule has 0 aromatic heterocycles. The highest BCUT2D eigenvalue weighted by Crippen LogP contribution is 2.14. The van der Waals surface area contributed by atoms with Gasteiger partial charge in [0.2, 0.25) is 0 Å². The van der Waals surface area contributed by atoms with E-state index in [1.165, 1.54) is 57.8 Å². The van der Waals surface area contributed by atoms with Crippen LogP contribution in [0.5, 0.6) is 0 Å². The summed E-state index contributed by atoms with van der Waals surface area (Å²) in [6, 6.07) is 0. The Hall–Kier alpha value is -0.990. The molecule has 24 heavy (non-hydrogen) atoms. The number of aliphatic hydroxyl groups excluding tert-OH is 1. The van der Waals surface area contributed by atoms with Crippen LogP contribution in [0.2, 0.25) is 0 Å². The van der Waals surface area contributed by atoms with Crippen molar-refractivity contribution in [2.24, 2.45) is 0 Å². The Labute approximate surface area is 149 Å². The maximum absolute atomic E-state index is 11.6. The minimum absolute atomic E-state index is 0.0641. The molecule has 3 heteroatoms. The van der Waals surface area contributed by atoms with Crippen molar-refractivity contribution in [1.29, 1.82) is 0 Å². The largest absolute Gasteiger partial charge is 0.513 e. The molecule has 0 aliphatic heterocycles. The van der Waals surface area contributed by atoms with Crippen LogP contribution in [0.3, 0.4) is 0 Å². The minimum atomic E-state index is -0.357. The number of carbonyl (C=O) groups is 1. The second-order valence-electron chi connectivity index (χ2n) is 7.90. The lowest BCUT2D eigenvalue weighted by atomic mass is 10.0. The number of hydrogen-bond acceptors (Lipinski definition) is 3. The standard InChI is InChI=1S/C21H40O3/c1-19(22)17-15-13-11-9-7-5-6-8-10-12-14-16-18-20(23)24-21(2,3)4/h22H,1,5-18H2,2-4H3. The smallest absolute Gasteiger partial charge is 0.306 e. The van der Waals surface area contributed by atoms with Crippen LogP contribution < -0.4 is 0 Å². The molecule has 0 spiro atoms. The van der Waals surface area contributed by atoms with Crippen LogP contribution in [0.1, 0.15) is 111 Å². The number of rotatable bonds is 15. The third-order valence-corrected chi connectivity index (χ3v) is 4.02. The van der Waals surface area contributed by atoms with Crippen molar-refractivity contribution in [1.82, 2.24) is 0 Å². The number of ether oxygens (including phenoxy) is 1. The van der Waals surface area contributed by atoms with Gasteiger partial charge < -0.3 is 9.84 Å². The fourth-order valence-electron chi connectivity index (χ4n) is 2.76. The lowest BCUT2D eigenvalue weighted by Crippen LogP contribution is -2.23. The van der Waals surface area contributed by atoms with Crippen molar-refractivity contribution in [2.45, 2.75) is 116 Å². The summed E-state index contributed by atoms with van der Waals surface area (Å²) in [7, 11) is 0. The highest BCUT2D eigenvalue weighted by molar-refractivity contribution is 5.69. The van der Waals surface area contributed by atoms with Crippen molar-refractivity contribution in [3.8, 4) is 0 Å². The van der Waals surface area contributed by atoms with Crippen molar-refractivity contribution >= 4 is 5.97 Å². The van der Waals surface area contributed by atoms with Gasteiger partial charge in [0.1, 0.15) is 5.60 Å². The van der Waals surface area contributed by atoms with Crippen molar-refractivity contribution in [3.05, 3.63) is 12.3 Å². The van der Waals surface area contributed by atoms with Crippen molar-refractivity contribution in [3.63, 3.8) is 0 Å². The molecule has 0 saturated carbocycles. The summed E-state index contributed by atoms with van der Waals surface area (Å²) in [4.78, 5) is 11.6. The minimum Gasteiger partial charge on any atom is -0.513 e. The van der Waals surface area contributed by atoms with E-state index in [1.54, 1.807) is 0 Å². The second-order valence-corrected chi connectivity index (χ2v) is 7.90. The molecular formula is C21H40O3. The van der Waals surface area contributed by atoms with Gasteiger partial charge in [0.15, 0.2) is 0 Å². The molecular weight excluding hydrogens is 300 g/mol. The van der Waals surface area contributed by atoms with Crippen molar-refractivity contribution in [2.75, 3.05) is 0 Å². The zero-order chi connectivity index (χ0) is 18.3.